The van der Waals surface area contributed by atoms with E-state index in [0.717, 1.165) is 32.1 Å². The second-order valence-corrected chi connectivity index (χ2v) is 8.11. The van der Waals surface area contributed by atoms with Gasteiger partial charge >= 0.3 is 0 Å². The maximum atomic E-state index is 12.5. The van der Waals surface area contributed by atoms with E-state index in [1.54, 1.807) is 4.31 Å². The van der Waals surface area contributed by atoms with Crippen molar-refractivity contribution in [1.29, 1.82) is 0 Å². The first kappa shape index (κ1) is 16.2. The summed E-state index contributed by atoms with van der Waals surface area (Å²) >= 11 is 0. The zero-order valence-corrected chi connectivity index (χ0v) is 13.5. The van der Waals surface area contributed by atoms with E-state index in [9.17, 15) is 8.42 Å². The second-order valence-electron chi connectivity index (χ2n) is 6.41. The Morgan fingerprint density at radius 2 is 1.85 bits per heavy atom. The zero-order valence-electron chi connectivity index (χ0n) is 12.7. The molecule has 0 aromatic rings. The number of rotatable bonds is 5. The van der Waals surface area contributed by atoms with E-state index in [2.05, 4.69) is 18.6 Å². The molecule has 1 aliphatic carbocycles. The van der Waals surface area contributed by atoms with Crippen molar-refractivity contribution in [1.82, 2.24) is 9.03 Å². The molecule has 2 fully saturated rings. The number of hydrogen-bond acceptors (Lipinski definition) is 3. The molecule has 2 aliphatic rings. The second kappa shape index (κ2) is 6.73. The van der Waals surface area contributed by atoms with E-state index in [0.29, 0.717) is 37.4 Å². The van der Waals surface area contributed by atoms with Crippen molar-refractivity contribution in [3.8, 4) is 0 Å². The van der Waals surface area contributed by atoms with Gasteiger partial charge in [-0.05, 0) is 50.0 Å². The summed E-state index contributed by atoms with van der Waals surface area (Å²) in [6.45, 7) is 6.24. The van der Waals surface area contributed by atoms with Gasteiger partial charge in [-0.2, -0.15) is 17.4 Å². The molecule has 1 aliphatic heterocycles. The average molecular weight is 303 g/mol. The minimum absolute atomic E-state index is 0.109. The summed E-state index contributed by atoms with van der Waals surface area (Å²) < 4.78 is 29.5. The third-order valence-corrected chi connectivity index (χ3v) is 6.94. The first-order chi connectivity index (χ1) is 9.47. The molecule has 2 rings (SSSR count). The van der Waals surface area contributed by atoms with Crippen LogP contribution in [0.4, 0.5) is 0 Å². The maximum Gasteiger partial charge on any atom is 0.279 e. The van der Waals surface area contributed by atoms with Crippen molar-refractivity contribution < 1.29 is 8.42 Å². The van der Waals surface area contributed by atoms with E-state index in [4.69, 9.17) is 5.73 Å². The van der Waals surface area contributed by atoms with Gasteiger partial charge in [0.25, 0.3) is 10.2 Å². The lowest BCUT2D eigenvalue weighted by Crippen LogP contribution is -2.49. The van der Waals surface area contributed by atoms with Crippen LogP contribution in [-0.4, -0.2) is 38.4 Å². The minimum atomic E-state index is -3.32. The molecule has 0 bridgehead atoms. The molecular formula is C14H29N3O2S. The fourth-order valence-corrected chi connectivity index (χ4v) is 5.20. The molecule has 20 heavy (non-hydrogen) atoms. The standard InChI is InChI=1S/C14H29N3O2S/c1-3-13-4-5-14(11(13)2)16-20(18,19)17-8-6-12(10-15)7-9-17/h11-14,16H,3-10,15H2,1-2H3. The van der Waals surface area contributed by atoms with Crippen LogP contribution in [0.25, 0.3) is 0 Å². The van der Waals surface area contributed by atoms with Crippen molar-refractivity contribution in [3.05, 3.63) is 0 Å². The Bertz CT molecular complexity index is 405. The van der Waals surface area contributed by atoms with Gasteiger partial charge in [-0.3, -0.25) is 0 Å². The van der Waals surface area contributed by atoms with Gasteiger partial charge in [0, 0.05) is 19.1 Å². The highest BCUT2D eigenvalue weighted by atomic mass is 32.2. The summed E-state index contributed by atoms with van der Waals surface area (Å²) in [7, 11) is -3.32. The predicted molar refractivity (Wildman–Crippen MR) is 81.4 cm³/mol. The summed E-state index contributed by atoms with van der Waals surface area (Å²) in [4.78, 5) is 0. The molecule has 3 atom stereocenters. The molecular weight excluding hydrogens is 274 g/mol. The van der Waals surface area contributed by atoms with Crippen LogP contribution in [0, 0.1) is 17.8 Å². The fraction of sp³-hybridized carbons (Fsp3) is 1.00. The molecule has 0 spiro atoms. The average Bonchev–Trinajstić information content (AvgIpc) is 2.79. The number of nitrogens with zero attached hydrogens (tertiary/aromatic N) is 1. The lowest BCUT2D eigenvalue weighted by Gasteiger charge is -2.32. The summed E-state index contributed by atoms with van der Waals surface area (Å²) in [5, 5.41) is 0. The molecule has 118 valence electrons. The highest BCUT2D eigenvalue weighted by Crippen LogP contribution is 2.34. The third-order valence-electron chi connectivity index (χ3n) is 5.30. The molecule has 3 unspecified atom stereocenters. The molecule has 6 heteroatoms. The highest BCUT2D eigenvalue weighted by molar-refractivity contribution is 7.87. The molecule has 0 radical (unpaired) electrons. The predicted octanol–water partition coefficient (Wildman–Crippen LogP) is 1.32. The van der Waals surface area contributed by atoms with Gasteiger partial charge in [0.15, 0.2) is 0 Å². The van der Waals surface area contributed by atoms with Crippen LogP contribution in [0.5, 0.6) is 0 Å². The monoisotopic (exact) mass is 303 g/mol. The molecule has 5 nitrogen and oxygen atoms in total. The SMILES string of the molecule is CCC1CCC(NS(=O)(=O)N2CCC(CN)CC2)C1C. The number of piperidine rings is 1. The lowest BCUT2D eigenvalue weighted by molar-refractivity contribution is 0.271. The van der Waals surface area contributed by atoms with Crippen LogP contribution >= 0.6 is 0 Å². The van der Waals surface area contributed by atoms with Crippen LogP contribution in [0.3, 0.4) is 0 Å². The van der Waals surface area contributed by atoms with Crippen LogP contribution in [0.15, 0.2) is 0 Å². The van der Waals surface area contributed by atoms with Gasteiger partial charge < -0.3 is 5.73 Å². The molecule has 3 N–H and O–H groups in total. The number of hydrogen-bond donors (Lipinski definition) is 2. The Morgan fingerprint density at radius 1 is 1.20 bits per heavy atom. The Morgan fingerprint density at radius 3 is 2.35 bits per heavy atom. The smallest absolute Gasteiger partial charge is 0.279 e. The minimum Gasteiger partial charge on any atom is -0.330 e. The van der Waals surface area contributed by atoms with Crippen LogP contribution in [0.2, 0.25) is 0 Å². The van der Waals surface area contributed by atoms with Crippen LogP contribution in [-0.2, 0) is 10.2 Å². The molecule has 1 saturated carbocycles. The number of nitrogens with one attached hydrogen (secondary N) is 1. The Labute approximate surface area is 123 Å². The van der Waals surface area contributed by atoms with Gasteiger partial charge in [0.1, 0.15) is 0 Å². The molecule has 0 amide bonds. The fourth-order valence-electron chi connectivity index (χ4n) is 3.64. The van der Waals surface area contributed by atoms with Crippen molar-refractivity contribution in [2.75, 3.05) is 19.6 Å². The molecule has 1 heterocycles. The lowest BCUT2D eigenvalue weighted by atomic mass is 9.94. The van der Waals surface area contributed by atoms with E-state index in [1.807, 2.05) is 0 Å². The normalized spacial score (nSPS) is 33.6. The molecule has 0 aromatic carbocycles. The Kier molecular flexibility index (Phi) is 5.45. The summed E-state index contributed by atoms with van der Waals surface area (Å²) in [6, 6.07) is 0.109. The zero-order chi connectivity index (χ0) is 14.8. The van der Waals surface area contributed by atoms with Crippen molar-refractivity contribution >= 4 is 10.2 Å². The molecule has 1 saturated heterocycles. The van der Waals surface area contributed by atoms with Crippen molar-refractivity contribution in [3.63, 3.8) is 0 Å². The van der Waals surface area contributed by atoms with Crippen LogP contribution < -0.4 is 10.5 Å². The van der Waals surface area contributed by atoms with E-state index in [1.165, 1.54) is 0 Å². The first-order valence-corrected chi connectivity index (χ1v) is 9.39. The van der Waals surface area contributed by atoms with Gasteiger partial charge in [0.05, 0.1) is 0 Å². The summed E-state index contributed by atoms with van der Waals surface area (Å²) in [5.41, 5.74) is 5.65. The van der Waals surface area contributed by atoms with Gasteiger partial charge in [-0.25, -0.2) is 0 Å². The highest BCUT2D eigenvalue weighted by Gasteiger charge is 2.36. The third kappa shape index (κ3) is 3.53. The Balaban J connectivity index is 1.92. The largest absolute Gasteiger partial charge is 0.330 e. The van der Waals surface area contributed by atoms with Crippen LogP contribution in [0.1, 0.15) is 46.0 Å². The quantitative estimate of drug-likeness (QED) is 0.804. The van der Waals surface area contributed by atoms with Crippen molar-refractivity contribution in [2.24, 2.45) is 23.5 Å². The topological polar surface area (TPSA) is 75.4 Å². The summed E-state index contributed by atoms with van der Waals surface area (Å²) in [6.07, 6.45) is 5.02. The first-order valence-electron chi connectivity index (χ1n) is 7.95. The van der Waals surface area contributed by atoms with E-state index < -0.39 is 10.2 Å². The van der Waals surface area contributed by atoms with Gasteiger partial charge in [0.2, 0.25) is 0 Å². The van der Waals surface area contributed by atoms with Crippen molar-refractivity contribution in [2.45, 2.75) is 52.0 Å². The maximum absolute atomic E-state index is 12.5. The van der Waals surface area contributed by atoms with Gasteiger partial charge in [-0.1, -0.05) is 20.3 Å². The van der Waals surface area contributed by atoms with Gasteiger partial charge in [-0.15, -0.1) is 0 Å². The van der Waals surface area contributed by atoms with E-state index in [-0.39, 0.29) is 6.04 Å². The Hall–Kier alpha value is -0.170. The summed E-state index contributed by atoms with van der Waals surface area (Å²) in [5.74, 6) is 1.58. The number of nitrogens with two attached hydrogens (primary N) is 1. The van der Waals surface area contributed by atoms with E-state index >= 15 is 0 Å². The molecule has 0 aromatic heterocycles.